The number of anilines is 1. The summed E-state index contributed by atoms with van der Waals surface area (Å²) in [6.07, 6.45) is 7.09. The Kier molecular flexibility index (Phi) is 3.82. The summed E-state index contributed by atoms with van der Waals surface area (Å²) in [7, 11) is 0. The summed E-state index contributed by atoms with van der Waals surface area (Å²) in [6.45, 7) is 1.73. The highest BCUT2D eigenvalue weighted by atomic mass is 16.1. The quantitative estimate of drug-likeness (QED) is 0.791. The standard InChI is InChI=1S/C17H18N6O/c24-17(14-3-1-2-8-18-14)20-13-5-10-22(11-6-13)15-7-12-23-16(21-15)4-9-19-23/h1-4,7-9,12-13H,5-6,10-11H2,(H,20,24). The number of aromatic nitrogens is 4. The van der Waals surface area contributed by atoms with Gasteiger partial charge in [-0.3, -0.25) is 9.78 Å². The fraction of sp³-hybridized carbons (Fsp3) is 0.294. The number of amides is 1. The molecule has 3 aromatic rings. The van der Waals surface area contributed by atoms with Crippen LogP contribution in [-0.4, -0.2) is 44.6 Å². The molecule has 7 heteroatoms. The van der Waals surface area contributed by atoms with E-state index in [-0.39, 0.29) is 11.9 Å². The maximum Gasteiger partial charge on any atom is 0.270 e. The molecule has 7 nitrogen and oxygen atoms in total. The van der Waals surface area contributed by atoms with Crippen LogP contribution < -0.4 is 10.2 Å². The number of carbonyl (C=O) groups excluding carboxylic acids is 1. The summed E-state index contributed by atoms with van der Waals surface area (Å²) in [5.41, 5.74) is 1.31. The molecule has 4 rings (SSSR count). The summed E-state index contributed by atoms with van der Waals surface area (Å²) in [4.78, 5) is 23.1. The summed E-state index contributed by atoms with van der Waals surface area (Å²) in [6, 6.07) is 9.41. The minimum absolute atomic E-state index is 0.104. The minimum Gasteiger partial charge on any atom is -0.356 e. The van der Waals surface area contributed by atoms with Gasteiger partial charge in [-0.15, -0.1) is 0 Å². The first-order valence-electron chi connectivity index (χ1n) is 8.07. The van der Waals surface area contributed by atoms with Crippen molar-refractivity contribution >= 4 is 17.4 Å². The van der Waals surface area contributed by atoms with Crippen LogP contribution in [0.2, 0.25) is 0 Å². The number of carbonyl (C=O) groups is 1. The molecular weight excluding hydrogens is 304 g/mol. The van der Waals surface area contributed by atoms with Crippen molar-refractivity contribution < 1.29 is 4.79 Å². The van der Waals surface area contributed by atoms with Gasteiger partial charge in [0.2, 0.25) is 0 Å². The molecule has 0 bridgehead atoms. The van der Waals surface area contributed by atoms with Gasteiger partial charge >= 0.3 is 0 Å². The smallest absolute Gasteiger partial charge is 0.270 e. The minimum atomic E-state index is -0.104. The Hall–Kier alpha value is -2.96. The Labute approximate surface area is 139 Å². The maximum atomic E-state index is 12.2. The number of rotatable bonds is 3. The fourth-order valence-corrected chi connectivity index (χ4v) is 2.99. The monoisotopic (exact) mass is 322 g/mol. The van der Waals surface area contributed by atoms with E-state index in [1.165, 1.54) is 0 Å². The molecule has 0 atom stereocenters. The second-order valence-corrected chi connectivity index (χ2v) is 5.87. The highest BCUT2D eigenvalue weighted by Gasteiger charge is 2.22. The van der Waals surface area contributed by atoms with Crippen molar-refractivity contribution in [3.63, 3.8) is 0 Å². The zero-order valence-corrected chi connectivity index (χ0v) is 13.2. The number of fused-ring (bicyclic) bond motifs is 1. The summed E-state index contributed by atoms with van der Waals surface area (Å²) < 4.78 is 1.75. The van der Waals surface area contributed by atoms with E-state index in [4.69, 9.17) is 0 Å². The molecule has 0 radical (unpaired) electrons. The van der Waals surface area contributed by atoms with Crippen LogP contribution in [0.25, 0.3) is 5.65 Å². The van der Waals surface area contributed by atoms with Gasteiger partial charge in [0.05, 0.1) is 6.20 Å². The van der Waals surface area contributed by atoms with Crippen LogP contribution in [0, 0.1) is 0 Å². The van der Waals surface area contributed by atoms with Gasteiger partial charge in [0, 0.05) is 37.6 Å². The lowest BCUT2D eigenvalue weighted by Crippen LogP contribution is -2.45. The van der Waals surface area contributed by atoms with E-state index < -0.39 is 0 Å². The fourth-order valence-electron chi connectivity index (χ4n) is 2.99. The van der Waals surface area contributed by atoms with Crippen LogP contribution in [0.4, 0.5) is 5.82 Å². The summed E-state index contributed by atoms with van der Waals surface area (Å²) >= 11 is 0. The van der Waals surface area contributed by atoms with Crippen molar-refractivity contribution in [1.82, 2.24) is 24.9 Å². The van der Waals surface area contributed by atoms with Gasteiger partial charge in [-0.1, -0.05) is 6.07 Å². The lowest BCUT2D eigenvalue weighted by atomic mass is 10.0. The van der Waals surface area contributed by atoms with Gasteiger partial charge in [-0.25, -0.2) is 9.50 Å². The number of hydrogen-bond acceptors (Lipinski definition) is 5. The van der Waals surface area contributed by atoms with Crippen molar-refractivity contribution in [3.8, 4) is 0 Å². The molecule has 1 saturated heterocycles. The van der Waals surface area contributed by atoms with Crippen LogP contribution in [0.15, 0.2) is 48.9 Å². The first kappa shape index (κ1) is 14.6. The number of pyridine rings is 1. The number of piperidine rings is 1. The predicted octanol–water partition coefficient (Wildman–Crippen LogP) is 1.52. The van der Waals surface area contributed by atoms with Crippen molar-refractivity contribution in [1.29, 1.82) is 0 Å². The van der Waals surface area contributed by atoms with Crippen molar-refractivity contribution in [2.75, 3.05) is 18.0 Å². The molecule has 122 valence electrons. The van der Waals surface area contributed by atoms with Gasteiger partial charge < -0.3 is 10.2 Å². The second-order valence-electron chi connectivity index (χ2n) is 5.87. The molecule has 1 aliphatic rings. The largest absolute Gasteiger partial charge is 0.356 e. The van der Waals surface area contributed by atoms with E-state index >= 15 is 0 Å². The SMILES string of the molecule is O=C(NC1CCN(c2ccn3nccc3n2)CC1)c1ccccn1. The molecular formula is C17H18N6O. The topological polar surface area (TPSA) is 75.4 Å². The van der Waals surface area contributed by atoms with E-state index in [9.17, 15) is 4.79 Å². The average Bonchev–Trinajstić information content (AvgIpc) is 3.11. The average molecular weight is 322 g/mol. The second kappa shape index (κ2) is 6.27. The maximum absolute atomic E-state index is 12.2. The van der Waals surface area contributed by atoms with Crippen LogP contribution in [0.1, 0.15) is 23.3 Å². The van der Waals surface area contributed by atoms with E-state index in [2.05, 4.69) is 25.3 Å². The Morgan fingerprint density at radius 2 is 2.00 bits per heavy atom. The number of nitrogens with one attached hydrogen (secondary N) is 1. The third-order valence-electron chi connectivity index (χ3n) is 4.30. The molecule has 1 fully saturated rings. The lowest BCUT2D eigenvalue weighted by molar-refractivity contribution is 0.0926. The van der Waals surface area contributed by atoms with Crippen molar-refractivity contribution in [2.24, 2.45) is 0 Å². The Balaban J connectivity index is 1.37. The number of nitrogens with zero attached hydrogens (tertiary/aromatic N) is 5. The van der Waals surface area contributed by atoms with Gasteiger partial charge in [0.15, 0.2) is 5.65 Å². The van der Waals surface area contributed by atoms with Crippen LogP contribution >= 0.6 is 0 Å². The normalized spacial score (nSPS) is 15.6. The van der Waals surface area contributed by atoms with E-state index in [0.717, 1.165) is 37.4 Å². The molecule has 4 heterocycles. The van der Waals surface area contributed by atoms with Gasteiger partial charge in [0.25, 0.3) is 5.91 Å². The highest BCUT2D eigenvalue weighted by Crippen LogP contribution is 2.18. The summed E-state index contributed by atoms with van der Waals surface area (Å²) in [5.74, 6) is 0.852. The van der Waals surface area contributed by atoms with E-state index in [1.54, 1.807) is 29.0 Å². The molecule has 0 aliphatic carbocycles. The zero-order chi connectivity index (χ0) is 16.4. The predicted molar refractivity (Wildman–Crippen MR) is 89.9 cm³/mol. The lowest BCUT2D eigenvalue weighted by Gasteiger charge is -2.33. The summed E-state index contributed by atoms with van der Waals surface area (Å²) in [5, 5.41) is 7.23. The van der Waals surface area contributed by atoms with Gasteiger partial charge in [-0.05, 0) is 31.0 Å². The molecule has 24 heavy (non-hydrogen) atoms. The van der Waals surface area contributed by atoms with E-state index in [0.29, 0.717) is 5.69 Å². The van der Waals surface area contributed by atoms with Crippen molar-refractivity contribution in [2.45, 2.75) is 18.9 Å². The van der Waals surface area contributed by atoms with Crippen LogP contribution in [0.3, 0.4) is 0 Å². The van der Waals surface area contributed by atoms with Crippen LogP contribution in [-0.2, 0) is 0 Å². The van der Waals surface area contributed by atoms with E-state index in [1.807, 2.05) is 24.4 Å². The molecule has 0 unspecified atom stereocenters. The zero-order valence-electron chi connectivity index (χ0n) is 13.2. The molecule has 0 spiro atoms. The first-order valence-corrected chi connectivity index (χ1v) is 8.07. The Morgan fingerprint density at radius 3 is 2.79 bits per heavy atom. The van der Waals surface area contributed by atoms with Crippen LogP contribution in [0.5, 0.6) is 0 Å². The third-order valence-corrected chi connectivity index (χ3v) is 4.30. The van der Waals surface area contributed by atoms with Crippen molar-refractivity contribution in [3.05, 3.63) is 54.6 Å². The molecule has 1 aliphatic heterocycles. The molecule has 1 N–H and O–H groups in total. The number of hydrogen-bond donors (Lipinski definition) is 1. The van der Waals surface area contributed by atoms with Gasteiger partial charge in [0.1, 0.15) is 11.5 Å². The molecule has 3 aromatic heterocycles. The molecule has 0 aromatic carbocycles. The third kappa shape index (κ3) is 2.92. The Morgan fingerprint density at radius 1 is 1.12 bits per heavy atom. The Bertz CT molecular complexity index is 838. The molecule has 1 amide bonds. The first-order chi connectivity index (χ1) is 11.8. The highest BCUT2D eigenvalue weighted by molar-refractivity contribution is 5.92. The van der Waals surface area contributed by atoms with Gasteiger partial charge in [-0.2, -0.15) is 5.10 Å². The molecule has 0 saturated carbocycles.